The number of fused-ring (bicyclic) bond motifs is 1. The zero-order chi connectivity index (χ0) is 18.8. The first-order valence-electron chi connectivity index (χ1n) is 9.81. The molecular formula is C23H22BNO3. The van der Waals surface area contributed by atoms with Crippen LogP contribution in [0.1, 0.15) is 24.0 Å². The summed E-state index contributed by atoms with van der Waals surface area (Å²) in [5, 5.41) is 3.65. The minimum absolute atomic E-state index is 0.119. The summed E-state index contributed by atoms with van der Waals surface area (Å²) in [5.74, 6) is 1.42. The molecule has 5 rings (SSSR count). The maximum atomic E-state index is 6.73. The summed E-state index contributed by atoms with van der Waals surface area (Å²) in [6, 6.07) is 28.5. The van der Waals surface area contributed by atoms with Crippen LogP contribution in [-0.4, -0.2) is 19.9 Å². The normalized spacial score (nSPS) is 18.4. The maximum absolute atomic E-state index is 6.73. The highest BCUT2D eigenvalue weighted by Crippen LogP contribution is 2.43. The van der Waals surface area contributed by atoms with Gasteiger partial charge in [0.15, 0.2) is 0 Å². The van der Waals surface area contributed by atoms with Crippen molar-refractivity contribution >= 4 is 7.32 Å². The monoisotopic (exact) mass is 371 g/mol. The minimum atomic E-state index is -0.805. The van der Waals surface area contributed by atoms with Crippen molar-refractivity contribution in [1.82, 2.24) is 5.32 Å². The van der Waals surface area contributed by atoms with Crippen LogP contribution in [0.4, 0.5) is 0 Å². The summed E-state index contributed by atoms with van der Waals surface area (Å²) in [5.41, 5.74) is 1.46. The first-order valence-corrected chi connectivity index (χ1v) is 9.81. The lowest BCUT2D eigenvalue weighted by molar-refractivity contribution is 0.0348. The molecule has 2 aliphatic heterocycles. The van der Waals surface area contributed by atoms with Crippen LogP contribution >= 0.6 is 0 Å². The fourth-order valence-electron chi connectivity index (χ4n) is 4.27. The van der Waals surface area contributed by atoms with E-state index in [0.717, 1.165) is 30.5 Å². The average Bonchev–Trinajstić information content (AvgIpc) is 3.43. The predicted octanol–water partition coefficient (Wildman–Crippen LogP) is 4.16. The van der Waals surface area contributed by atoms with Gasteiger partial charge in [0, 0.05) is 6.04 Å². The average molecular weight is 371 g/mol. The lowest BCUT2D eigenvalue weighted by atomic mass is 9.78. The Kier molecular flexibility index (Phi) is 4.55. The fourth-order valence-corrected chi connectivity index (χ4v) is 4.27. The van der Waals surface area contributed by atoms with Crippen LogP contribution in [0.5, 0.6) is 11.5 Å². The van der Waals surface area contributed by atoms with Gasteiger partial charge in [-0.05, 0) is 42.6 Å². The van der Waals surface area contributed by atoms with Crippen molar-refractivity contribution in [3.63, 3.8) is 0 Å². The van der Waals surface area contributed by atoms with E-state index in [2.05, 4.69) is 53.8 Å². The molecule has 5 heteroatoms. The third kappa shape index (κ3) is 2.97. The van der Waals surface area contributed by atoms with Gasteiger partial charge in [-0.3, -0.25) is 0 Å². The molecular weight excluding hydrogens is 349 g/mol. The van der Waals surface area contributed by atoms with Crippen molar-refractivity contribution in [2.75, 3.05) is 6.54 Å². The van der Waals surface area contributed by atoms with Gasteiger partial charge in [-0.2, -0.15) is 0 Å². The highest BCUT2D eigenvalue weighted by molar-refractivity contribution is 6.40. The molecule has 0 saturated carbocycles. The summed E-state index contributed by atoms with van der Waals surface area (Å²) in [7, 11) is -0.805. The van der Waals surface area contributed by atoms with Crippen molar-refractivity contribution in [3.05, 3.63) is 96.1 Å². The van der Waals surface area contributed by atoms with E-state index in [-0.39, 0.29) is 6.04 Å². The first kappa shape index (κ1) is 17.4. The van der Waals surface area contributed by atoms with Crippen LogP contribution in [0, 0.1) is 0 Å². The molecule has 2 aliphatic rings. The van der Waals surface area contributed by atoms with E-state index in [1.54, 1.807) is 0 Å². The Balaban J connectivity index is 1.60. The van der Waals surface area contributed by atoms with Crippen molar-refractivity contribution in [1.29, 1.82) is 0 Å². The van der Waals surface area contributed by atoms with Crippen LogP contribution in [0.15, 0.2) is 84.9 Å². The standard InChI is InChI=1S/C23H22BNO3/c1-3-10-18(11-4-1)23(22-16-9-17-25-22,19-12-5-2-6-13-19)28-24-26-20-14-7-8-15-21(20)27-24/h1-8,10-15,22,25H,9,16-17H2. The van der Waals surface area contributed by atoms with Gasteiger partial charge in [0.05, 0.1) is 0 Å². The number of benzene rings is 3. The van der Waals surface area contributed by atoms with E-state index in [9.17, 15) is 0 Å². The molecule has 0 bridgehead atoms. The van der Waals surface area contributed by atoms with E-state index in [0.29, 0.717) is 11.5 Å². The third-order valence-electron chi connectivity index (χ3n) is 5.53. The molecule has 3 aromatic carbocycles. The Morgan fingerprint density at radius 2 is 1.32 bits per heavy atom. The van der Waals surface area contributed by atoms with E-state index >= 15 is 0 Å². The number of rotatable bonds is 5. The Morgan fingerprint density at radius 1 is 0.786 bits per heavy atom. The topological polar surface area (TPSA) is 39.7 Å². The van der Waals surface area contributed by atoms with Gasteiger partial charge in [-0.15, -0.1) is 0 Å². The van der Waals surface area contributed by atoms with Gasteiger partial charge in [-0.25, -0.2) is 0 Å². The Labute approximate surface area is 165 Å². The number of para-hydroxylation sites is 2. The molecule has 0 aliphatic carbocycles. The van der Waals surface area contributed by atoms with Crippen molar-refractivity contribution < 1.29 is 14.0 Å². The lowest BCUT2D eigenvalue weighted by Crippen LogP contribution is -2.53. The quantitative estimate of drug-likeness (QED) is 0.684. The van der Waals surface area contributed by atoms with Crippen molar-refractivity contribution in [3.8, 4) is 11.5 Å². The summed E-state index contributed by atoms with van der Waals surface area (Å²) in [4.78, 5) is 0. The molecule has 1 fully saturated rings. The SMILES string of the molecule is c1ccc(C(OB2Oc3ccccc3O2)(c2ccccc2)C2CCCN2)cc1. The summed E-state index contributed by atoms with van der Waals surface area (Å²) in [6.07, 6.45) is 2.13. The molecule has 140 valence electrons. The first-order chi connectivity index (χ1) is 13.9. The molecule has 1 atom stereocenters. The smallest absolute Gasteiger partial charge is 0.498 e. The second-order valence-corrected chi connectivity index (χ2v) is 7.21. The lowest BCUT2D eigenvalue weighted by Gasteiger charge is -2.40. The van der Waals surface area contributed by atoms with Crippen LogP contribution in [0.2, 0.25) is 0 Å². The Hall–Kier alpha value is -2.76. The Bertz CT molecular complexity index is 864. The van der Waals surface area contributed by atoms with Crippen LogP contribution in [0.25, 0.3) is 0 Å². The van der Waals surface area contributed by atoms with Crippen LogP contribution < -0.4 is 14.6 Å². The van der Waals surface area contributed by atoms with Gasteiger partial charge < -0.3 is 19.3 Å². The van der Waals surface area contributed by atoms with Gasteiger partial charge in [0.25, 0.3) is 0 Å². The highest BCUT2D eigenvalue weighted by atomic mass is 16.8. The summed E-state index contributed by atoms with van der Waals surface area (Å²) >= 11 is 0. The van der Waals surface area contributed by atoms with Gasteiger partial charge in [0.2, 0.25) is 0 Å². The second-order valence-electron chi connectivity index (χ2n) is 7.21. The largest absolute Gasteiger partial charge is 0.789 e. The van der Waals surface area contributed by atoms with Gasteiger partial charge in [0.1, 0.15) is 17.1 Å². The second kappa shape index (κ2) is 7.34. The molecule has 1 saturated heterocycles. The molecule has 0 aromatic heterocycles. The molecule has 0 radical (unpaired) electrons. The molecule has 1 N–H and O–H groups in total. The van der Waals surface area contributed by atoms with E-state index in [4.69, 9.17) is 14.0 Å². The summed E-state index contributed by atoms with van der Waals surface area (Å²) in [6.45, 7) is 0.974. The van der Waals surface area contributed by atoms with E-state index in [1.807, 2.05) is 36.4 Å². The van der Waals surface area contributed by atoms with Crippen LogP contribution in [0.3, 0.4) is 0 Å². The molecule has 4 nitrogen and oxygen atoms in total. The molecule has 3 aromatic rings. The maximum Gasteiger partial charge on any atom is 0.789 e. The van der Waals surface area contributed by atoms with Crippen molar-refractivity contribution in [2.24, 2.45) is 0 Å². The Morgan fingerprint density at radius 3 is 1.82 bits per heavy atom. The number of nitrogens with one attached hydrogen (secondary N) is 1. The number of hydrogen-bond acceptors (Lipinski definition) is 4. The van der Waals surface area contributed by atoms with Gasteiger partial charge >= 0.3 is 7.32 Å². The third-order valence-corrected chi connectivity index (χ3v) is 5.53. The zero-order valence-corrected chi connectivity index (χ0v) is 15.6. The molecule has 0 spiro atoms. The van der Waals surface area contributed by atoms with E-state index in [1.165, 1.54) is 0 Å². The molecule has 0 amide bonds. The molecule has 2 heterocycles. The minimum Gasteiger partial charge on any atom is -0.498 e. The zero-order valence-electron chi connectivity index (χ0n) is 15.6. The van der Waals surface area contributed by atoms with Crippen molar-refractivity contribution in [2.45, 2.75) is 24.5 Å². The molecule has 1 unspecified atom stereocenters. The highest BCUT2D eigenvalue weighted by Gasteiger charge is 2.51. The molecule has 28 heavy (non-hydrogen) atoms. The van der Waals surface area contributed by atoms with Gasteiger partial charge in [-0.1, -0.05) is 72.8 Å². The number of hydrogen-bond donors (Lipinski definition) is 1. The summed E-state index contributed by atoms with van der Waals surface area (Å²) < 4.78 is 18.7. The van der Waals surface area contributed by atoms with E-state index < -0.39 is 12.9 Å². The fraction of sp³-hybridized carbons (Fsp3) is 0.217. The predicted molar refractivity (Wildman–Crippen MR) is 109 cm³/mol. The van der Waals surface area contributed by atoms with Crippen LogP contribution in [-0.2, 0) is 10.3 Å².